The minimum atomic E-state index is -1.11. The number of rotatable bonds is 3. The van der Waals surface area contributed by atoms with Crippen LogP contribution in [-0.2, 0) is 9.59 Å². The van der Waals surface area contributed by atoms with Gasteiger partial charge in [0.15, 0.2) is 0 Å². The van der Waals surface area contributed by atoms with Gasteiger partial charge in [-0.05, 0) is 19.3 Å². The second-order valence-electron chi connectivity index (χ2n) is 3.57. The Labute approximate surface area is 90.9 Å². The van der Waals surface area contributed by atoms with E-state index in [4.69, 9.17) is 10.2 Å². The highest BCUT2D eigenvalue weighted by Gasteiger charge is 2.33. The van der Waals surface area contributed by atoms with Gasteiger partial charge in [0.1, 0.15) is 5.71 Å². The van der Waals surface area contributed by atoms with Gasteiger partial charge >= 0.3 is 11.9 Å². The molecule has 0 aromatic carbocycles. The van der Waals surface area contributed by atoms with Gasteiger partial charge in [-0.3, -0.25) is 4.79 Å². The second-order valence-corrected chi connectivity index (χ2v) is 5.07. The van der Waals surface area contributed by atoms with Crippen LogP contribution in [0.1, 0.15) is 20.3 Å². The SMILES string of the molecule is CC1(C)SC=C(CC(=O)O)N=C1C(=O)O. The van der Waals surface area contributed by atoms with Crippen molar-refractivity contribution in [3.8, 4) is 0 Å². The van der Waals surface area contributed by atoms with Crippen molar-refractivity contribution in [3.63, 3.8) is 0 Å². The lowest BCUT2D eigenvalue weighted by molar-refractivity contribution is -0.136. The van der Waals surface area contributed by atoms with E-state index in [0.717, 1.165) is 0 Å². The number of thioether (sulfide) groups is 1. The monoisotopic (exact) mass is 229 g/mol. The number of carboxylic acid groups (broad SMARTS) is 2. The topological polar surface area (TPSA) is 87.0 Å². The van der Waals surface area contributed by atoms with E-state index in [2.05, 4.69) is 4.99 Å². The second kappa shape index (κ2) is 4.06. The zero-order valence-electron chi connectivity index (χ0n) is 8.35. The fourth-order valence-electron chi connectivity index (χ4n) is 1.12. The lowest BCUT2D eigenvalue weighted by atomic mass is 10.1. The molecule has 0 unspecified atom stereocenters. The molecule has 0 saturated carbocycles. The van der Waals surface area contributed by atoms with Crippen molar-refractivity contribution in [2.24, 2.45) is 4.99 Å². The average Bonchev–Trinajstić information content (AvgIpc) is 2.06. The first kappa shape index (κ1) is 11.8. The largest absolute Gasteiger partial charge is 0.481 e. The quantitative estimate of drug-likeness (QED) is 0.762. The molecule has 0 spiro atoms. The summed E-state index contributed by atoms with van der Waals surface area (Å²) >= 11 is 1.27. The average molecular weight is 229 g/mol. The maximum Gasteiger partial charge on any atom is 0.351 e. The van der Waals surface area contributed by atoms with Gasteiger partial charge in [0, 0.05) is 0 Å². The van der Waals surface area contributed by atoms with Crippen molar-refractivity contribution in [3.05, 3.63) is 11.1 Å². The van der Waals surface area contributed by atoms with Crippen LogP contribution in [0.3, 0.4) is 0 Å². The standard InChI is InChI=1S/C9H11NO4S/c1-9(2)7(8(13)14)10-5(4-15-9)3-6(11)12/h4H,3H2,1-2H3,(H,11,12)(H,13,14). The van der Waals surface area contributed by atoms with Crippen LogP contribution >= 0.6 is 11.8 Å². The third kappa shape index (κ3) is 2.82. The molecule has 1 rings (SSSR count). The molecule has 0 saturated heterocycles. The lowest BCUT2D eigenvalue weighted by Crippen LogP contribution is -2.35. The van der Waals surface area contributed by atoms with Crippen LogP contribution in [0, 0.1) is 0 Å². The highest BCUT2D eigenvalue weighted by Crippen LogP contribution is 2.33. The zero-order chi connectivity index (χ0) is 11.6. The minimum absolute atomic E-state index is 0.00810. The van der Waals surface area contributed by atoms with Crippen molar-refractivity contribution in [2.45, 2.75) is 25.0 Å². The highest BCUT2D eigenvalue weighted by molar-refractivity contribution is 8.04. The zero-order valence-corrected chi connectivity index (χ0v) is 9.17. The maximum absolute atomic E-state index is 10.9. The number of aliphatic carboxylic acids is 2. The molecule has 0 amide bonds. The third-order valence-electron chi connectivity index (χ3n) is 1.85. The summed E-state index contributed by atoms with van der Waals surface area (Å²) in [5.74, 6) is -2.13. The molecule has 0 aliphatic carbocycles. The van der Waals surface area contributed by atoms with E-state index in [-0.39, 0.29) is 17.8 Å². The van der Waals surface area contributed by atoms with Crippen LogP contribution in [0.15, 0.2) is 16.1 Å². The Balaban J connectivity index is 2.96. The lowest BCUT2D eigenvalue weighted by Gasteiger charge is -2.25. The van der Waals surface area contributed by atoms with Gasteiger partial charge in [-0.15, -0.1) is 11.8 Å². The van der Waals surface area contributed by atoms with Crippen molar-refractivity contribution in [1.29, 1.82) is 0 Å². The smallest absolute Gasteiger partial charge is 0.351 e. The Morgan fingerprint density at radius 3 is 2.53 bits per heavy atom. The summed E-state index contributed by atoms with van der Waals surface area (Å²) in [6.07, 6.45) is -0.250. The predicted molar refractivity (Wildman–Crippen MR) is 57.1 cm³/mol. The number of carbonyl (C=O) groups is 2. The molecule has 1 aliphatic rings. The first-order chi connectivity index (χ1) is 6.83. The highest BCUT2D eigenvalue weighted by atomic mass is 32.2. The molecule has 6 heteroatoms. The molecule has 2 N–H and O–H groups in total. The van der Waals surface area contributed by atoms with Crippen LogP contribution in [0.2, 0.25) is 0 Å². The van der Waals surface area contributed by atoms with Gasteiger partial charge < -0.3 is 10.2 Å². The fraction of sp³-hybridized carbons (Fsp3) is 0.444. The summed E-state index contributed by atoms with van der Waals surface area (Å²) in [5.41, 5.74) is 0.274. The van der Waals surface area contributed by atoms with Gasteiger partial charge in [-0.2, -0.15) is 0 Å². The van der Waals surface area contributed by atoms with E-state index < -0.39 is 16.7 Å². The summed E-state index contributed by atoms with van der Waals surface area (Å²) in [5, 5.41) is 19.1. The Morgan fingerprint density at radius 1 is 1.47 bits per heavy atom. The molecule has 0 bridgehead atoms. The Hall–Kier alpha value is -1.30. The van der Waals surface area contributed by atoms with E-state index in [9.17, 15) is 9.59 Å². The van der Waals surface area contributed by atoms with Crippen LogP contribution in [0.5, 0.6) is 0 Å². The summed E-state index contributed by atoms with van der Waals surface area (Å²) in [7, 11) is 0. The molecule has 0 atom stereocenters. The van der Waals surface area contributed by atoms with Gasteiger partial charge in [0.05, 0.1) is 16.9 Å². The molecule has 5 nitrogen and oxygen atoms in total. The summed E-state index contributed by atoms with van der Waals surface area (Å²) < 4.78 is -0.617. The molecular formula is C9H11NO4S. The Bertz CT molecular complexity index is 370. The van der Waals surface area contributed by atoms with Crippen molar-refractivity contribution in [2.75, 3.05) is 0 Å². The van der Waals surface area contributed by atoms with E-state index in [1.54, 1.807) is 19.3 Å². The number of aliphatic imine (C=N–C) groups is 1. The molecule has 0 aromatic rings. The molecule has 15 heavy (non-hydrogen) atoms. The number of carboxylic acids is 2. The number of nitrogens with zero attached hydrogens (tertiary/aromatic N) is 1. The van der Waals surface area contributed by atoms with Crippen molar-refractivity contribution < 1.29 is 19.8 Å². The normalized spacial score (nSPS) is 19.1. The maximum atomic E-state index is 10.9. The van der Waals surface area contributed by atoms with E-state index >= 15 is 0 Å². The first-order valence-electron chi connectivity index (χ1n) is 4.24. The van der Waals surface area contributed by atoms with Gasteiger partial charge in [-0.25, -0.2) is 9.79 Å². The summed E-state index contributed by atoms with van der Waals surface area (Å²) in [4.78, 5) is 25.2. The van der Waals surface area contributed by atoms with E-state index in [0.29, 0.717) is 0 Å². The van der Waals surface area contributed by atoms with Gasteiger partial charge in [0.25, 0.3) is 0 Å². The molecule has 0 fully saturated rings. The van der Waals surface area contributed by atoms with Crippen molar-refractivity contribution in [1.82, 2.24) is 0 Å². The Kier molecular flexibility index (Phi) is 3.18. The number of hydrogen-bond acceptors (Lipinski definition) is 4. The van der Waals surface area contributed by atoms with Crippen LogP contribution in [-0.4, -0.2) is 32.6 Å². The first-order valence-corrected chi connectivity index (χ1v) is 5.12. The number of hydrogen-bond donors (Lipinski definition) is 2. The summed E-state index contributed by atoms with van der Waals surface area (Å²) in [6, 6.07) is 0. The van der Waals surface area contributed by atoms with Crippen LogP contribution < -0.4 is 0 Å². The third-order valence-corrected chi connectivity index (χ3v) is 3.02. The molecule has 1 aliphatic heterocycles. The molecule has 0 radical (unpaired) electrons. The molecular weight excluding hydrogens is 218 g/mol. The molecule has 82 valence electrons. The minimum Gasteiger partial charge on any atom is -0.481 e. The predicted octanol–water partition coefficient (Wildman–Crippen LogP) is 1.35. The van der Waals surface area contributed by atoms with Crippen LogP contribution in [0.25, 0.3) is 0 Å². The fourth-order valence-corrected chi connectivity index (χ4v) is 1.93. The van der Waals surface area contributed by atoms with Gasteiger partial charge in [0.2, 0.25) is 0 Å². The molecule has 0 aromatic heterocycles. The van der Waals surface area contributed by atoms with E-state index in [1.807, 2.05) is 0 Å². The summed E-state index contributed by atoms with van der Waals surface area (Å²) in [6.45, 7) is 3.47. The molecule has 1 heterocycles. The van der Waals surface area contributed by atoms with Crippen molar-refractivity contribution >= 4 is 29.4 Å². The van der Waals surface area contributed by atoms with Crippen LogP contribution in [0.4, 0.5) is 0 Å². The van der Waals surface area contributed by atoms with Gasteiger partial charge in [-0.1, -0.05) is 0 Å². The Morgan fingerprint density at radius 2 is 2.07 bits per heavy atom. The van der Waals surface area contributed by atoms with E-state index in [1.165, 1.54) is 11.8 Å².